The number of hydrogen-bond donors (Lipinski definition) is 0. The van der Waals surface area contributed by atoms with Gasteiger partial charge >= 0.3 is 0 Å². The molecule has 6 nitrogen and oxygen atoms in total. The van der Waals surface area contributed by atoms with Crippen molar-refractivity contribution in [3.63, 3.8) is 0 Å². The van der Waals surface area contributed by atoms with Crippen LogP contribution in [0.4, 0.5) is 0 Å². The fourth-order valence-corrected chi connectivity index (χ4v) is 4.21. The topological polar surface area (TPSA) is 83.0 Å². The SMILES string of the molecule is CN(C(=O)CSc1nnc(-c2cccs2)o1)C1(C#N)CCCCC1. The Bertz CT molecular complexity index is 730. The fourth-order valence-electron chi connectivity index (χ4n) is 2.89. The summed E-state index contributed by atoms with van der Waals surface area (Å²) >= 11 is 2.74. The molecule has 0 spiro atoms. The highest BCUT2D eigenvalue weighted by Crippen LogP contribution is 2.33. The number of hydrogen-bond acceptors (Lipinski definition) is 7. The second kappa shape index (κ2) is 7.36. The molecule has 0 bridgehead atoms. The predicted octanol–water partition coefficient (Wildman–Crippen LogP) is 3.58. The van der Waals surface area contributed by atoms with Crippen molar-refractivity contribution in [3.05, 3.63) is 17.5 Å². The van der Waals surface area contributed by atoms with Crippen LogP contribution in [0.3, 0.4) is 0 Å². The normalized spacial score (nSPS) is 16.5. The molecule has 8 heteroatoms. The van der Waals surface area contributed by atoms with Gasteiger partial charge in [0.15, 0.2) is 0 Å². The van der Waals surface area contributed by atoms with Crippen LogP contribution in [0.2, 0.25) is 0 Å². The molecule has 0 aliphatic heterocycles. The molecule has 2 aromatic rings. The maximum absolute atomic E-state index is 12.5. The van der Waals surface area contributed by atoms with Gasteiger partial charge in [-0.15, -0.1) is 21.5 Å². The quantitative estimate of drug-likeness (QED) is 0.756. The second-order valence-electron chi connectivity index (χ2n) is 5.80. The van der Waals surface area contributed by atoms with Gasteiger partial charge in [-0.3, -0.25) is 4.79 Å². The number of nitriles is 1. The molecular formula is C16H18N4O2S2. The van der Waals surface area contributed by atoms with E-state index in [-0.39, 0.29) is 11.7 Å². The van der Waals surface area contributed by atoms with Crippen LogP contribution in [0.25, 0.3) is 10.8 Å². The molecule has 0 saturated heterocycles. The van der Waals surface area contributed by atoms with E-state index < -0.39 is 5.54 Å². The van der Waals surface area contributed by atoms with Crippen molar-refractivity contribution in [3.8, 4) is 16.8 Å². The molecule has 1 fully saturated rings. The Morgan fingerprint density at radius 3 is 2.92 bits per heavy atom. The Kier molecular flexibility index (Phi) is 5.21. The van der Waals surface area contributed by atoms with E-state index in [1.165, 1.54) is 23.1 Å². The molecule has 0 N–H and O–H groups in total. The van der Waals surface area contributed by atoms with Crippen LogP contribution in [0.5, 0.6) is 0 Å². The molecule has 3 rings (SSSR count). The van der Waals surface area contributed by atoms with Crippen LogP contribution in [-0.2, 0) is 4.79 Å². The molecule has 24 heavy (non-hydrogen) atoms. The first-order valence-electron chi connectivity index (χ1n) is 7.83. The van der Waals surface area contributed by atoms with Gasteiger partial charge in [-0.05, 0) is 24.3 Å². The number of thioether (sulfide) groups is 1. The second-order valence-corrected chi connectivity index (χ2v) is 7.67. The molecule has 1 aliphatic carbocycles. The largest absolute Gasteiger partial charge is 0.410 e. The lowest BCUT2D eigenvalue weighted by Crippen LogP contribution is -2.50. The Hall–Kier alpha value is -1.85. The number of carbonyl (C=O) groups is 1. The van der Waals surface area contributed by atoms with Crippen LogP contribution in [-0.4, -0.2) is 39.3 Å². The zero-order valence-electron chi connectivity index (χ0n) is 13.4. The molecule has 0 radical (unpaired) electrons. The number of aromatic nitrogens is 2. The van der Waals surface area contributed by atoms with Crippen LogP contribution < -0.4 is 0 Å². The molecule has 1 aliphatic rings. The average molecular weight is 362 g/mol. The standard InChI is InChI=1S/C16H18N4O2S2/c1-20(16(11-17)7-3-2-4-8-16)13(21)10-24-15-19-18-14(22-15)12-6-5-9-23-12/h5-6,9H,2-4,7-8,10H2,1H3. The van der Waals surface area contributed by atoms with E-state index in [9.17, 15) is 10.1 Å². The summed E-state index contributed by atoms with van der Waals surface area (Å²) in [6.45, 7) is 0. The number of rotatable bonds is 5. The maximum atomic E-state index is 12.5. The van der Waals surface area contributed by atoms with E-state index in [2.05, 4.69) is 16.3 Å². The first-order chi connectivity index (χ1) is 11.6. The Balaban J connectivity index is 1.60. The van der Waals surface area contributed by atoms with Crippen molar-refractivity contribution in [1.29, 1.82) is 5.26 Å². The number of nitrogens with zero attached hydrogens (tertiary/aromatic N) is 4. The van der Waals surface area contributed by atoms with Crippen LogP contribution in [0.1, 0.15) is 32.1 Å². The summed E-state index contributed by atoms with van der Waals surface area (Å²) < 4.78 is 5.57. The van der Waals surface area contributed by atoms with E-state index in [1.807, 2.05) is 17.5 Å². The van der Waals surface area contributed by atoms with E-state index in [4.69, 9.17) is 4.42 Å². The van der Waals surface area contributed by atoms with Crippen LogP contribution in [0, 0.1) is 11.3 Å². The van der Waals surface area contributed by atoms with Gasteiger partial charge in [0.1, 0.15) is 5.54 Å². The van der Waals surface area contributed by atoms with Gasteiger partial charge in [0.05, 0.1) is 16.7 Å². The maximum Gasteiger partial charge on any atom is 0.277 e. The summed E-state index contributed by atoms with van der Waals surface area (Å²) in [4.78, 5) is 15.0. The Morgan fingerprint density at radius 2 is 2.25 bits per heavy atom. The zero-order chi connectivity index (χ0) is 17.0. The summed E-state index contributed by atoms with van der Waals surface area (Å²) in [6, 6.07) is 6.19. The lowest BCUT2D eigenvalue weighted by atomic mass is 9.81. The first kappa shape index (κ1) is 17.0. The monoisotopic (exact) mass is 362 g/mol. The molecule has 1 amide bonds. The summed E-state index contributed by atoms with van der Waals surface area (Å²) in [6.07, 6.45) is 4.62. The van der Waals surface area contributed by atoms with Gasteiger partial charge in [-0.25, -0.2) is 0 Å². The molecule has 2 aromatic heterocycles. The number of amides is 1. The third-order valence-electron chi connectivity index (χ3n) is 4.36. The van der Waals surface area contributed by atoms with E-state index in [0.29, 0.717) is 11.1 Å². The minimum Gasteiger partial charge on any atom is -0.410 e. The van der Waals surface area contributed by atoms with Crippen LogP contribution in [0.15, 0.2) is 27.2 Å². The summed E-state index contributed by atoms with van der Waals surface area (Å²) in [5.74, 6) is 0.569. The highest BCUT2D eigenvalue weighted by molar-refractivity contribution is 7.99. The number of thiophene rings is 1. The predicted molar refractivity (Wildman–Crippen MR) is 92.5 cm³/mol. The van der Waals surface area contributed by atoms with E-state index in [1.54, 1.807) is 11.9 Å². The molecule has 126 valence electrons. The lowest BCUT2D eigenvalue weighted by Gasteiger charge is -2.38. The molecule has 0 atom stereocenters. The third-order valence-corrected chi connectivity index (χ3v) is 6.02. The first-order valence-corrected chi connectivity index (χ1v) is 9.69. The van der Waals surface area contributed by atoms with Crippen molar-refractivity contribution >= 4 is 29.0 Å². The smallest absolute Gasteiger partial charge is 0.277 e. The van der Waals surface area contributed by atoms with Gasteiger partial charge in [0.2, 0.25) is 5.91 Å². The molecule has 0 unspecified atom stereocenters. The van der Waals surface area contributed by atoms with E-state index >= 15 is 0 Å². The summed E-state index contributed by atoms with van der Waals surface area (Å²) in [7, 11) is 1.72. The van der Waals surface area contributed by atoms with Gasteiger partial charge in [-0.1, -0.05) is 37.1 Å². The lowest BCUT2D eigenvalue weighted by molar-refractivity contribution is -0.131. The fraction of sp³-hybridized carbons (Fsp3) is 0.500. The molecule has 2 heterocycles. The Morgan fingerprint density at radius 1 is 1.46 bits per heavy atom. The van der Waals surface area contributed by atoms with Crippen molar-refractivity contribution < 1.29 is 9.21 Å². The highest BCUT2D eigenvalue weighted by Gasteiger charge is 2.38. The van der Waals surface area contributed by atoms with Gasteiger partial charge < -0.3 is 9.32 Å². The number of carbonyl (C=O) groups excluding carboxylic acids is 1. The molecular weight excluding hydrogens is 344 g/mol. The van der Waals surface area contributed by atoms with Crippen molar-refractivity contribution in [2.24, 2.45) is 0 Å². The van der Waals surface area contributed by atoms with Crippen molar-refractivity contribution in [2.75, 3.05) is 12.8 Å². The van der Waals surface area contributed by atoms with Gasteiger partial charge in [0, 0.05) is 7.05 Å². The molecule has 0 aromatic carbocycles. The minimum atomic E-state index is -0.660. The van der Waals surface area contributed by atoms with E-state index in [0.717, 1.165) is 37.0 Å². The van der Waals surface area contributed by atoms with Crippen LogP contribution >= 0.6 is 23.1 Å². The molecule has 1 saturated carbocycles. The third kappa shape index (κ3) is 3.47. The van der Waals surface area contributed by atoms with Gasteiger partial charge in [-0.2, -0.15) is 5.26 Å². The average Bonchev–Trinajstić information content (AvgIpc) is 3.30. The van der Waals surface area contributed by atoms with Crippen molar-refractivity contribution in [1.82, 2.24) is 15.1 Å². The van der Waals surface area contributed by atoms with Gasteiger partial charge in [0.25, 0.3) is 11.1 Å². The van der Waals surface area contributed by atoms with Crippen molar-refractivity contribution in [2.45, 2.75) is 42.9 Å². The Labute approximate surface area is 148 Å². The summed E-state index contributed by atoms with van der Waals surface area (Å²) in [5.41, 5.74) is -0.660. The summed E-state index contributed by atoms with van der Waals surface area (Å²) in [5, 5.41) is 19.8. The minimum absolute atomic E-state index is 0.0840. The zero-order valence-corrected chi connectivity index (χ0v) is 15.0. The highest BCUT2D eigenvalue weighted by atomic mass is 32.2.